The van der Waals surface area contributed by atoms with Gasteiger partial charge in [0.15, 0.2) is 0 Å². The van der Waals surface area contributed by atoms with Crippen LogP contribution in [0.25, 0.3) is 0 Å². The maximum absolute atomic E-state index is 5.12. The molecule has 2 aromatic rings. The third kappa shape index (κ3) is 4.07. The van der Waals surface area contributed by atoms with Gasteiger partial charge >= 0.3 is 0 Å². The van der Waals surface area contributed by atoms with Gasteiger partial charge in [0, 0.05) is 44.0 Å². The lowest BCUT2D eigenvalue weighted by Crippen LogP contribution is -2.26. The van der Waals surface area contributed by atoms with E-state index >= 15 is 0 Å². The van der Waals surface area contributed by atoms with Gasteiger partial charge in [-0.25, -0.2) is 15.0 Å². The van der Waals surface area contributed by atoms with Crippen molar-refractivity contribution in [1.29, 1.82) is 0 Å². The van der Waals surface area contributed by atoms with Crippen LogP contribution < -0.4 is 14.8 Å². The number of rotatable bonds is 6. The summed E-state index contributed by atoms with van der Waals surface area (Å²) in [6, 6.07) is 6.15. The Hall–Kier alpha value is -2.41. The third-order valence-electron chi connectivity index (χ3n) is 3.89. The van der Waals surface area contributed by atoms with Crippen LogP contribution in [0.2, 0.25) is 0 Å². The second-order valence-electron chi connectivity index (χ2n) is 5.52. The number of methoxy groups -OCH3 is 2. The number of hydrogen-bond acceptors (Lipinski definition) is 7. The van der Waals surface area contributed by atoms with Gasteiger partial charge in [-0.3, -0.25) is 4.90 Å². The highest BCUT2D eigenvalue weighted by molar-refractivity contribution is 5.38. The molecule has 1 unspecified atom stereocenters. The molecule has 0 aliphatic carbocycles. The van der Waals surface area contributed by atoms with Crippen LogP contribution in [0.3, 0.4) is 0 Å². The van der Waals surface area contributed by atoms with E-state index in [-0.39, 0.29) is 0 Å². The molecule has 7 nitrogen and oxygen atoms in total. The smallest absolute Gasteiger partial charge is 0.218 e. The Labute approximate surface area is 135 Å². The quantitative estimate of drug-likeness (QED) is 0.867. The summed E-state index contributed by atoms with van der Waals surface area (Å²) in [5.74, 6) is 2.02. The van der Waals surface area contributed by atoms with E-state index in [1.54, 1.807) is 14.2 Å². The minimum absolute atomic E-state index is 0.376. The molecule has 0 saturated carbocycles. The number of likely N-dealkylation sites (tertiary alicyclic amines) is 1. The van der Waals surface area contributed by atoms with E-state index in [1.807, 2.05) is 18.3 Å². The van der Waals surface area contributed by atoms with Gasteiger partial charge < -0.3 is 14.8 Å². The summed E-state index contributed by atoms with van der Waals surface area (Å²) in [5.41, 5.74) is 1.19. The molecule has 1 aliphatic rings. The van der Waals surface area contributed by atoms with E-state index in [4.69, 9.17) is 9.47 Å². The molecule has 3 rings (SSSR count). The van der Waals surface area contributed by atoms with Crippen LogP contribution in [0.1, 0.15) is 12.0 Å². The minimum atomic E-state index is 0.376. The van der Waals surface area contributed by atoms with Gasteiger partial charge in [-0.05, 0) is 12.0 Å². The summed E-state index contributed by atoms with van der Waals surface area (Å²) in [6.07, 6.45) is 4.46. The fourth-order valence-corrected chi connectivity index (χ4v) is 2.72. The first-order valence-electron chi connectivity index (χ1n) is 7.60. The molecule has 0 aromatic carbocycles. The molecule has 0 amide bonds. The minimum Gasteiger partial charge on any atom is -0.481 e. The van der Waals surface area contributed by atoms with E-state index < -0.39 is 0 Å². The SMILES string of the molecule is COc1ccc(CN2CCC(Nc3cc(OC)ncn3)C2)cn1. The van der Waals surface area contributed by atoms with E-state index in [1.165, 1.54) is 11.9 Å². The second kappa shape index (κ2) is 7.23. The molecular weight excluding hydrogens is 294 g/mol. The van der Waals surface area contributed by atoms with Crippen LogP contribution in [-0.4, -0.2) is 53.2 Å². The largest absolute Gasteiger partial charge is 0.481 e. The van der Waals surface area contributed by atoms with Gasteiger partial charge in [-0.2, -0.15) is 0 Å². The van der Waals surface area contributed by atoms with Crippen molar-refractivity contribution in [1.82, 2.24) is 19.9 Å². The summed E-state index contributed by atoms with van der Waals surface area (Å²) in [4.78, 5) is 14.9. The van der Waals surface area contributed by atoms with Crippen molar-refractivity contribution in [3.8, 4) is 11.8 Å². The van der Waals surface area contributed by atoms with Gasteiger partial charge in [0.25, 0.3) is 0 Å². The fourth-order valence-electron chi connectivity index (χ4n) is 2.72. The number of anilines is 1. The Morgan fingerprint density at radius 2 is 2.04 bits per heavy atom. The highest BCUT2D eigenvalue weighted by Gasteiger charge is 2.22. The first-order valence-corrected chi connectivity index (χ1v) is 7.60. The van der Waals surface area contributed by atoms with E-state index in [9.17, 15) is 0 Å². The fraction of sp³-hybridized carbons (Fsp3) is 0.438. The standard InChI is InChI=1S/C16H21N5O2/c1-22-15-4-3-12(8-17-15)9-21-6-5-13(10-21)20-14-7-16(23-2)19-11-18-14/h3-4,7-8,11,13H,5-6,9-10H2,1-2H3,(H,18,19,20). The Balaban J connectivity index is 1.53. The van der Waals surface area contributed by atoms with E-state index in [0.29, 0.717) is 17.8 Å². The van der Waals surface area contributed by atoms with Crippen LogP contribution in [-0.2, 0) is 6.54 Å². The summed E-state index contributed by atoms with van der Waals surface area (Å²) < 4.78 is 10.2. The van der Waals surface area contributed by atoms with Gasteiger partial charge in [-0.1, -0.05) is 6.07 Å². The normalized spacial score (nSPS) is 17.9. The van der Waals surface area contributed by atoms with Crippen molar-refractivity contribution in [2.24, 2.45) is 0 Å². The number of ether oxygens (including phenoxy) is 2. The van der Waals surface area contributed by atoms with Gasteiger partial charge in [-0.15, -0.1) is 0 Å². The first kappa shape index (κ1) is 15.5. The van der Waals surface area contributed by atoms with Crippen LogP contribution in [0, 0.1) is 0 Å². The second-order valence-corrected chi connectivity index (χ2v) is 5.52. The van der Waals surface area contributed by atoms with Crippen LogP contribution in [0.15, 0.2) is 30.7 Å². The van der Waals surface area contributed by atoms with Gasteiger partial charge in [0.2, 0.25) is 11.8 Å². The average molecular weight is 315 g/mol. The van der Waals surface area contributed by atoms with Gasteiger partial charge in [0.1, 0.15) is 12.1 Å². The van der Waals surface area contributed by atoms with E-state index in [0.717, 1.165) is 31.9 Å². The van der Waals surface area contributed by atoms with E-state index in [2.05, 4.69) is 31.2 Å². The van der Waals surface area contributed by atoms with Gasteiger partial charge in [0.05, 0.1) is 14.2 Å². The monoisotopic (exact) mass is 315 g/mol. The molecule has 7 heteroatoms. The molecule has 0 radical (unpaired) electrons. The Morgan fingerprint density at radius 1 is 1.17 bits per heavy atom. The zero-order chi connectivity index (χ0) is 16.1. The summed E-state index contributed by atoms with van der Waals surface area (Å²) in [5, 5.41) is 3.44. The lowest BCUT2D eigenvalue weighted by Gasteiger charge is -2.17. The Morgan fingerprint density at radius 3 is 2.78 bits per heavy atom. The number of nitrogens with zero attached hydrogens (tertiary/aromatic N) is 4. The molecular formula is C16H21N5O2. The Bertz CT molecular complexity index is 635. The molecule has 1 fully saturated rings. The van der Waals surface area contributed by atoms with Crippen LogP contribution in [0.4, 0.5) is 5.82 Å². The molecule has 1 atom stereocenters. The maximum atomic E-state index is 5.12. The number of hydrogen-bond donors (Lipinski definition) is 1. The lowest BCUT2D eigenvalue weighted by atomic mass is 10.2. The summed E-state index contributed by atoms with van der Waals surface area (Å²) >= 11 is 0. The Kier molecular flexibility index (Phi) is 4.87. The molecule has 1 aliphatic heterocycles. The molecule has 0 bridgehead atoms. The molecule has 3 heterocycles. The highest BCUT2D eigenvalue weighted by atomic mass is 16.5. The summed E-state index contributed by atoms with van der Waals surface area (Å²) in [7, 11) is 3.23. The number of pyridine rings is 1. The first-order chi connectivity index (χ1) is 11.3. The number of aromatic nitrogens is 3. The predicted molar refractivity (Wildman–Crippen MR) is 86.7 cm³/mol. The van der Waals surface area contributed by atoms with Crippen molar-refractivity contribution in [3.63, 3.8) is 0 Å². The number of nitrogens with one attached hydrogen (secondary N) is 1. The predicted octanol–water partition coefficient (Wildman–Crippen LogP) is 1.58. The molecule has 122 valence electrons. The topological polar surface area (TPSA) is 72.4 Å². The molecule has 1 saturated heterocycles. The van der Waals surface area contributed by atoms with Crippen LogP contribution in [0.5, 0.6) is 11.8 Å². The zero-order valence-corrected chi connectivity index (χ0v) is 13.4. The molecule has 2 aromatic heterocycles. The average Bonchev–Trinajstić information content (AvgIpc) is 3.02. The van der Waals surface area contributed by atoms with Crippen molar-refractivity contribution in [2.75, 3.05) is 32.6 Å². The van der Waals surface area contributed by atoms with Crippen molar-refractivity contribution in [2.45, 2.75) is 19.0 Å². The summed E-state index contributed by atoms with van der Waals surface area (Å²) in [6.45, 7) is 2.91. The molecule has 0 spiro atoms. The van der Waals surface area contributed by atoms with Crippen molar-refractivity contribution < 1.29 is 9.47 Å². The van der Waals surface area contributed by atoms with Crippen molar-refractivity contribution >= 4 is 5.82 Å². The lowest BCUT2D eigenvalue weighted by molar-refractivity contribution is 0.327. The molecule has 23 heavy (non-hydrogen) atoms. The molecule has 1 N–H and O–H groups in total. The highest BCUT2D eigenvalue weighted by Crippen LogP contribution is 2.18. The third-order valence-corrected chi connectivity index (χ3v) is 3.89. The van der Waals surface area contributed by atoms with Crippen molar-refractivity contribution in [3.05, 3.63) is 36.3 Å². The zero-order valence-electron chi connectivity index (χ0n) is 13.4. The van der Waals surface area contributed by atoms with Crippen LogP contribution >= 0.6 is 0 Å². The maximum Gasteiger partial charge on any atom is 0.218 e.